The summed E-state index contributed by atoms with van der Waals surface area (Å²) in [7, 11) is -4.40. The summed E-state index contributed by atoms with van der Waals surface area (Å²) in [5.74, 6) is -1.47. The first kappa shape index (κ1) is 18.3. The molecule has 0 unspecified atom stereocenters. The van der Waals surface area contributed by atoms with Crippen molar-refractivity contribution >= 4 is 28.0 Å². The molecule has 0 fully saturated rings. The molecule has 1 heterocycles. The van der Waals surface area contributed by atoms with E-state index >= 15 is 0 Å². The molecule has 0 saturated carbocycles. The van der Waals surface area contributed by atoms with Crippen LogP contribution in [0.5, 0.6) is 0 Å². The largest absolute Gasteiger partial charge is 0.478 e. The lowest BCUT2D eigenvalue weighted by atomic mass is 10.1. The normalized spacial score (nSPS) is 11.0. The number of benzene rings is 1. The van der Waals surface area contributed by atoms with Crippen LogP contribution in [-0.4, -0.2) is 35.5 Å². The molecule has 2 rings (SSSR count). The second-order valence-corrected chi connectivity index (χ2v) is 6.94. The summed E-state index contributed by atoms with van der Waals surface area (Å²) in [4.78, 5) is 30.7. The minimum absolute atomic E-state index is 0.0621. The molecule has 1 aromatic carbocycles. The van der Waals surface area contributed by atoms with Gasteiger partial charge in [-0.05, 0) is 38.5 Å². The van der Waals surface area contributed by atoms with Gasteiger partial charge >= 0.3 is 12.0 Å². The Hall–Kier alpha value is -3.01. The molecular weight excluding hydrogens is 348 g/mol. The third-order valence-electron chi connectivity index (χ3n) is 3.17. The Bertz CT molecular complexity index is 936. The maximum absolute atomic E-state index is 12.4. The molecule has 25 heavy (non-hydrogen) atoms. The fourth-order valence-corrected chi connectivity index (χ4v) is 3.40. The Morgan fingerprint density at radius 1 is 1.08 bits per heavy atom. The standard InChI is InChI=1S/C15H16N4O5S/c1-8-5-4-6-11(12(8)13(20)21)25(23,24)19-15(22)18-14-16-9(2)7-10(3)17-14/h4-7H,1-3H3,(H,20,21)(H2,16,17,18,19,22). The highest BCUT2D eigenvalue weighted by Crippen LogP contribution is 2.19. The predicted molar refractivity (Wildman–Crippen MR) is 89.0 cm³/mol. The van der Waals surface area contributed by atoms with Crippen molar-refractivity contribution < 1.29 is 23.1 Å². The van der Waals surface area contributed by atoms with Crippen LogP contribution in [0.15, 0.2) is 29.2 Å². The number of carbonyl (C=O) groups excluding carboxylic acids is 1. The lowest BCUT2D eigenvalue weighted by Gasteiger charge is -2.11. The van der Waals surface area contributed by atoms with Gasteiger partial charge in [-0.1, -0.05) is 12.1 Å². The number of amides is 2. The number of sulfonamides is 1. The van der Waals surface area contributed by atoms with Gasteiger partial charge in [0, 0.05) is 11.4 Å². The van der Waals surface area contributed by atoms with Gasteiger partial charge in [0.25, 0.3) is 10.0 Å². The number of nitrogens with zero attached hydrogens (tertiary/aromatic N) is 2. The van der Waals surface area contributed by atoms with Gasteiger partial charge in [-0.25, -0.2) is 32.7 Å². The lowest BCUT2D eigenvalue weighted by Crippen LogP contribution is -2.35. The molecule has 2 aromatic rings. The summed E-state index contributed by atoms with van der Waals surface area (Å²) < 4.78 is 26.5. The summed E-state index contributed by atoms with van der Waals surface area (Å²) >= 11 is 0. The Morgan fingerprint density at radius 2 is 1.68 bits per heavy atom. The minimum atomic E-state index is -4.40. The summed E-state index contributed by atoms with van der Waals surface area (Å²) in [6.07, 6.45) is 0. The van der Waals surface area contributed by atoms with E-state index in [9.17, 15) is 23.1 Å². The number of nitrogens with one attached hydrogen (secondary N) is 2. The van der Waals surface area contributed by atoms with Gasteiger partial charge in [0.2, 0.25) is 5.95 Å². The van der Waals surface area contributed by atoms with E-state index in [2.05, 4.69) is 15.3 Å². The average Bonchev–Trinajstić information content (AvgIpc) is 2.44. The van der Waals surface area contributed by atoms with E-state index in [1.165, 1.54) is 19.1 Å². The minimum Gasteiger partial charge on any atom is -0.478 e. The molecule has 9 nitrogen and oxygen atoms in total. The zero-order valence-electron chi connectivity index (χ0n) is 13.7. The number of hydrogen-bond acceptors (Lipinski definition) is 6. The number of carboxylic acid groups (broad SMARTS) is 1. The van der Waals surface area contributed by atoms with E-state index in [-0.39, 0.29) is 11.5 Å². The molecule has 0 aliphatic heterocycles. The Kier molecular flexibility index (Phi) is 5.02. The zero-order valence-corrected chi connectivity index (χ0v) is 14.5. The van der Waals surface area contributed by atoms with Gasteiger partial charge < -0.3 is 5.11 Å². The highest BCUT2D eigenvalue weighted by atomic mass is 32.2. The second-order valence-electron chi connectivity index (χ2n) is 5.29. The van der Waals surface area contributed by atoms with Crippen LogP contribution < -0.4 is 10.0 Å². The zero-order chi connectivity index (χ0) is 18.8. The lowest BCUT2D eigenvalue weighted by molar-refractivity contribution is 0.0691. The molecule has 0 aliphatic carbocycles. The van der Waals surface area contributed by atoms with Crippen LogP contribution in [0.3, 0.4) is 0 Å². The molecule has 0 atom stereocenters. The molecule has 0 radical (unpaired) electrons. The van der Waals surface area contributed by atoms with Crippen molar-refractivity contribution in [1.82, 2.24) is 14.7 Å². The van der Waals surface area contributed by atoms with Gasteiger partial charge in [-0.3, -0.25) is 5.32 Å². The maximum Gasteiger partial charge on any atom is 0.337 e. The van der Waals surface area contributed by atoms with E-state index < -0.39 is 32.5 Å². The quantitative estimate of drug-likeness (QED) is 0.749. The van der Waals surface area contributed by atoms with Crippen LogP contribution >= 0.6 is 0 Å². The van der Waals surface area contributed by atoms with Crippen LogP contribution in [0.2, 0.25) is 0 Å². The number of urea groups is 1. The van der Waals surface area contributed by atoms with E-state index in [4.69, 9.17) is 0 Å². The fraction of sp³-hybridized carbons (Fsp3) is 0.200. The Labute approximate surface area is 144 Å². The van der Waals surface area contributed by atoms with Gasteiger partial charge in [0.05, 0.1) is 5.56 Å². The number of anilines is 1. The van der Waals surface area contributed by atoms with Crippen LogP contribution in [0.4, 0.5) is 10.7 Å². The summed E-state index contributed by atoms with van der Waals surface area (Å²) in [5.41, 5.74) is 1.05. The van der Waals surface area contributed by atoms with Crippen molar-refractivity contribution in [3.63, 3.8) is 0 Å². The van der Waals surface area contributed by atoms with Crippen molar-refractivity contribution in [3.05, 3.63) is 46.8 Å². The molecule has 10 heteroatoms. The van der Waals surface area contributed by atoms with E-state index in [1.807, 2.05) is 0 Å². The maximum atomic E-state index is 12.4. The number of aromatic nitrogens is 2. The van der Waals surface area contributed by atoms with Crippen LogP contribution in [0.1, 0.15) is 27.3 Å². The average molecular weight is 364 g/mol. The summed E-state index contributed by atoms with van der Waals surface area (Å²) in [6.45, 7) is 4.85. The molecule has 1 aromatic heterocycles. The molecule has 0 bridgehead atoms. The van der Waals surface area contributed by atoms with Crippen molar-refractivity contribution in [2.24, 2.45) is 0 Å². The molecule has 0 saturated heterocycles. The Balaban J connectivity index is 2.28. The first-order chi connectivity index (χ1) is 11.6. The number of aromatic carboxylic acids is 1. The van der Waals surface area contributed by atoms with Crippen molar-refractivity contribution in [1.29, 1.82) is 0 Å². The number of carboxylic acids is 1. The molecule has 132 valence electrons. The van der Waals surface area contributed by atoms with Gasteiger partial charge in [-0.15, -0.1) is 0 Å². The predicted octanol–water partition coefficient (Wildman–Crippen LogP) is 1.61. The first-order valence-corrected chi connectivity index (χ1v) is 8.57. The molecule has 2 amide bonds. The summed E-state index contributed by atoms with van der Waals surface area (Å²) in [6, 6.07) is 4.56. The number of hydrogen-bond donors (Lipinski definition) is 3. The molecule has 0 aliphatic rings. The van der Waals surface area contributed by atoms with Crippen molar-refractivity contribution in [2.75, 3.05) is 5.32 Å². The highest BCUT2D eigenvalue weighted by Gasteiger charge is 2.25. The SMILES string of the molecule is Cc1cc(C)nc(NC(=O)NS(=O)(=O)c2cccc(C)c2C(=O)O)n1. The van der Waals surface area contributed by atoms with Crippen LogP contribution in [0.25, 0.3) is 0 Å². The van der Waals surface area contributed by atoms with Crippen molar-refractivity contribution in [3.8, 4) is 0 Å². The van der Waals surface area contributed by atoms with E-state index in [1.54, 1.807) is 24.6 Å². The Morgan fingerprint density at radius 3 is 2.24 bits per heavy atom. The smallest absolute Gasteiger partial charge is 0.337 e. The molecule has 0 spiro atoms. The van der Waals surface area contributed by atoms with Gasteiger partial charge in [0.15, 0.2) is 0 Å². The topological polar surface area (TPSA) is 138 Å². The fourth-order valence-electron chi connectivity index (χ4n) is 2.22. The first-order valence-electron chi connectivity index (χ1n) is 7.09. The van der Waals surface area contributed by atoms with E-state index in [0.717, 1.165) is 6.07 Å². The van der Waals surface area contributed by atoms with E-state index in [0.29, 0.717) is 11.4 Å². The van der Waals surface area contributed by atoms with Gasteiger partial charge in [-0.2, -0.15) is 0 Å². The van der Waals surface area contributed by atoms with Crippen LogP contribution in [0, 0.1) is 20.8 Å². The molecule has 3 N–H and O–H groups in total. The second kappa shape index (κ2) is 6.85. The van der Waals surface area contributed by atoms with Crippen molar-refractivity contribution in [2.45, 2.75) is 25.7 Å². The monoisotopic (exact) mass is 364 g/mol. The van der Waals surface area contributed by atoms with Gasteiger partial charge in [0.1, 0.15) is 4.90 Å². The summed E-state index contributed by atoms with van der Waals surface area (Å²) in [5, 5.41) is 11.4. The number of rotatable bonds is 4. The third kappa shape index (κ3) is 4.29. The number of aryl methyl sites for hydroxylation is 3. The number of carbonyl (C=O) groups is 2. The highest BCUT2D eigenvalue weighted by molar-refractivity contribution is 7.90. The molecular formula is C15H16N4O5S. The third-order valence-corrected chi connectivity index (χ3v) is 4.55. The van der Waals surface area contributed by atoms with Crippen LogP contribution in [-0.2, 0) is 10.0 Å².